The average Bonchev–Trinajstić information content (AvgIpc) is 2.78. The van der Waals surface area contributed by atoms with Crippen LogP contribution in [0.4, 0.5) is 0 Å². The minimum absolute atomic E-state index is 0.0189. The number of nitrogens with one attached hydrogen (secondary N) is 1. The van der Waals surface area contributed by atoms with Crippen LogP contribution in [0.5, 0.6) is 0 Å². The Morgan fingerprint density at radius 1 is 1.37 bits per heavy atom. The minimum Gasteiger partial charge on any atom is -0.458 e. The number of aryl methyl sites for hydroxylation is 1. The number of aromatic nitrogens is 2. The molecule has 0 unspecified atom stereocenters. The Balaban J connectivity index is 2.89. The Morgan fingerprint density at radius 2 is 2.05 bits per heavy atom. The van der Waals surface area contributed by atoms with E-state index < -0.39 is 16.0 Å². The second-order valence-electron chi connectivity index (χ2n) is 3.61. The van der Waals surface area contributed by atoms with Gasteiger partial charge in [-0.25, -0.2) is 18.4 Å². The topological polar surface area (TPSA) is 124 Å². The fraction of sp³-hybridized carbons (Fsp3) is 0.600. The molecule has 19 heavy (non-hydrogen) atoms. The highest BCUT2D eigenvalue weighted by atomic mass is 32.2. The van der Waals surface area contributed by atoms with Gasteiger partial charge >= 0.3 is 5.97 Å². The van der Waals surface area contributed by atoms with E-state index in [2.05, 4.69) is 10.2 Å². The zero-order chi connectivity index (χ0) is 14.5. The smallest absolute Gasteiger partial charge is 0.360 e. The van der Waals surface area contributed by atoms with E-state index in [1.807, 2.05) is 6.92 Å². The molecular weight excluding hydrogens is 274 g/mol. The highest BCUT2D eigenvalue weighted by molar-refractivity contribution is 7.89. The summed E-state index contributed by atoms with van der Waals surface area (Å²) >= 11 is 0. The molecular formula is C10H17N3O5S. The number of aromatic amines is 1. The molecule has 0 atom stereocenters. The number of carbonyl (C=O) groups is 1. The van der Waals surface area contributed by atoms with E-state index in [0.29, 0.717) is 13.0 Å². The summed E-state index contributed by atoms with van der Waals surface area (Å²) in [5, 5.41) is 11.2. The van der Waals surface area contributed by atoms with Gasteiger partial charge in [0.1, 0.15) is 11.5 Å². The van der Waals surface area contributed by atoms with Gasteiger partial charge in [-0.2, -0.15) is 5.10 Å². The molecule has 1 aromatic heterocycles. The number of sulfonamides is 1. The maximum atomic E-state index is 11.7. The largest absolute Gasteiger partial charge is 0.458 e. The highest BCUT2D eigenvalue weighted by Gasteiger charge is 2.27. The van der Waals surface area contributed by atoms with Gasteiger partial charge in [0, 0.05) is 6.61 Å². The molecule has 1 rings (SSSR count). The monoisotopic (exact) mass is 291 g/mol. The van der Waals surface area contributed by atoms with E-state index >= 15 is 0 Å². The third-order valence-electron chi connectivity index (χ3n) is 2.29. The lowest BCUT2D eigenvalue weighted by Crippen LogP contribution is -2.19. The van der Waals surface area contributed by atoms with E-state index in [9.17, 15) is 13.2 Å². The van der Waals surface area contributed by atoms with Crippen molar-refractivity contribution in [3.63, 3.8) is 0 Å². The van der Waals surface area contributed by atoms with Crippen LogP contribution in [0.25, 0.3) is 0 Å². The summed E-state index contributed by atoms with van der Waals surface area (Å²) in [4.78, 5) is 11.4. The van der Waals surface area contributed by atoms with Crippen molar-refractivity contribution in [3.8, 4) is 0 Å². The predicted octanol–water partition coefficient (Wildman–Crippen LogP) is -0.187. The summed E-state index contributed by atoms with van der Waals surface area (Å²) in [6.45, 7) is 4.28. The zero-order valence-electron chi connectivity index (χ0n) is 10.8. The summed E-state index contributed by atoms with van der Waals surface area (Å²) in [5.74, 6) is -0.848. The third kappa shape index (κ3) is 4.01. The Kier molecular flexibility index (Phi) is 5.45. The molecule has 3 N–H and O–H groups in total. The Bertz CT molecular complexity index is 537. The number of carbonyl (C=O) groups excluding carboxylic acids is 1. The van der Waals surface area contributed by atoms with Gasteiger partial charge in [-0.1, -0.05) is 6.92 Å². The summed E-state index contributed by atoms with van der Waals surface area (Å²) in [7, 11) is -4.04. The maximum Gasteiger partial charge on any atom is 0.360 e. The lowest BCUT2D eigenvalue weighted by atomic mass is 10.3. The van der Waals surface area contributed by atoms with Crippen LogP contribution >= 0.6 is 0 Å². The first kappa shape index (κ1) is 15.6. The van der Waals surface area contributed by atoms with Gasteiger partial charge < -0.3 is 9.47 Å². The van der Waals surface area contributed by atoms with Crippen molar-refractivity contribution in [2.45, 2.75) is 25.2 Å². The molecule has 0 aliphatic rings. The van der Waals surface area contributed by atoms with Crippen LogP contribution in [-0.4, -0.2) is 44.4 Å². The number of primary sulfonamides is 1. The minimum atomic E-state index is -4.04. The van der Waals surface area contributed by atoms with Crippen LogP contribution in [0.15, 0.2) is 4.90 Å². The molecule has 0 aromatic carbocycles. The fourth-order valence-electron chi connectivity index (χ4n) is 1.46. The average molecular weight is 291 g/mol. The van der Waals surface area contributed by atoms with E-state index in [0.717, 1.165) is 0 Å². The SMILES string of the molecule is CCOCCOC(=O)c1n[nH]c(CC)c1S(N)(=O)=O. The molecule has 8 nitrogen and oxygen atoms in total. The summed E-state index contributed by atoms with van der Waals surface area (Å²) < 4.78 is 32.8. The predicted molar refractivity (Wildman–Crippen MR) is 66.1 cm³/mol. The van der Waals surface area contributed by atoms with Gasteiger partial charge in [0.25, 0.3) is 0 Å². The second-order valence-corrected chi connectivity index (χ2v) is 5.11. The van der Waals surface area contributed by atoms with Crippen molar-refractivity contribution in [3.05, 3.63) is 11.4 Å². The molecule has 1 heterocycles. The van der Waals surface area contributed by atoms with Crippen molar-refractivity contribution < 1.29 is 22.7 Å². The van der Waals surface area contributed by atoms with E-state index in [1.54, 1.807) is 6.92 Å². The van der Waals surface area contributed by atoms with Crippen LogP contribution in [-0.2, 0) is 25.9 Å². The van der Waals surface area contributed by atoms with E-state index in [1.165, 1.54) is 0 Å². The molecule has 9 heteroatoms. The van der Waals surface area contributed by atoms with Crippen LogP contribution < -0.4 is 5.14 Å². The number of hydrogen-bond donors (Lipinski definition) is 2. The molecule has 108 valence electrons. The Morgan fingerprint density at radius 3 is 2.58 bits per heavy atom. The van der Waals surface area contributed by atoms with Crippen molar-refractivity contribution in [1.29, 1.82) is 0 Å². The van der Waals surface area contributed by atoms with Gasteiger partial charge in [-0.15, -0.1) is 0 Å². The number of nitrogens with zero attached hydrogens (tertiary/aromatic N) is 1. The normalized spacial score (nSPS) is 11.5. The van der Waals surface area contributed by atoms with Gasteiger partial charge in [0.05, 0.1) is 12.3 Å². The zero-order valence-corrected chi connectivity index (χ0v) is 11.6. The quantitative estimate of drug-likeness (QED) is 0.530. The number of ether oxygens (including phenoxy) is 2. The fourth-order valence-corrected chi connectivity index (χ4v) is 2.39. The highest BCUT2D eigenvalue weighted by Crippen LogP contribution is 2.18. The van der Waals surface area contributed by atoms with Gasteiger partial charge in [0.15, 0.2) is 5.69 Å². The first-order valence-corrected chi connectivity index (χ1v) is 7.31. The lowest BCUT2D eigenvalue weighted by Gasteiger charge is -2.04. The first-order chi connectivity index (χ1) is 8.91. The molecule has 0 radical (unpaired) electrons. The number of nitrogens with two attached hydrogens (primary N) is 1. The van der Waals surface area contributed by atoms with Crippen LogP contribution in [0.1, 0.15) is 30.0 Å². The standard InChI is InChI=1S/C10H17N3O5S/c1-3-7-9(19(11,15)16)8(13-12-7)10(14)18-6-5-17-4-2/h3-6H2,1-2H3,(H,12,13)(H2,11,15,16). The molecule has 0 saturated carbocycles. The van der Waals surface area contributed by atoms with E-state index in [-0.39, 0.29) is 29.5 Å². The summed E-state index contributed by atoms with van der Waals surface area (Å²) in [5.41, 5.74) is -0.0462. The first-order valence-electron chi connectivity index (χ1n) is 5.76. The number of rotatable bonds is 7. The molecule has 0 aliphatic heterocycles. The molecule has 0 spiro atoms. The van der Waals surface area contributed by atoms with Gasteiger partial charge in [-0.05, 0) is 13.3 Å². The molecule has 0 saturated heterocycles. The molecule has 1 aromatic rings. The van der Waals surface area contributed by atoms with Crippen molar-refractivity contribution in [2.75, 3.05) is 19.8 Å². The number of hydrogen-bond acceptors (Lipinski definition) is 6. The van der Waals surface area contributed by atoms with Crippen LogP contribution in [0, 0.1) is 0 Å². The van der Waals surface area contributed by atoms with Crippen molar-refractivity contribution in [2.24, 2.45) is 5.14 Å². The molecule has 0 aliphatic carbocycles. The van der Waals surface area contributed by atoms with Crippen LogP contribution in [0.2, 0.25) is 0 Å². The summed E-state index contributed by atoms with van der Waals surface area (Å²) in [6.07, 6.45) is 0.352. The molecule has 0 bridgehead atoms. The number of esters is 1. The molecule has 0 amide bonds. The number of H-pyrrole nitrogens is 1. The molecule has 0 fully saturated rings. The second kappa shape index (κ2) is 6.64. The van der Waals surface area contributed by atoms with Gasteiger partial charge in [-0.3, -0.25) is 5.10 Å². The Labute approximate surface area is 111 Å². The van der Waals surface area contributed by atoms with Crippen molar-refractivity contribution >= 4 is 16.0 Å². The summed E-state index contributed by atoms with van der Waals surface area (Å²) in [6, 6.07) is 0. The Hall–Kier alpha value is -1.45. The van der Waals surface area contributed by atoms with Crippen molar-refractivity contribution in [1.82, 2.24) is 10.2 Å². The van der Waals surface area contributed by atoms with E-state index in [4.69, 9.17) is 14.6 Å². The van der Waals surface area contributed by atoms with Gasteiger partial charge in [0.2, 0.25) is 10.0 Å². The third-order valence-corrected chi connectivity index (χ3v) is 3.30. The van der Waals surface area contributed by atoms with Crippen LogP contribution in [0.3, 0.4) is 0 Å². The maximum absolute atomic E-state index is 11.7. The lowest BCUT2D eigenvalue weighted by molar-refractivity contribution is 0.0325.